The Labute approximate surface area is 95.1 Å². The number of esters is 1. The summed E-state index contributed by atoms with van der Waals surface area (Å²) in [7, 11) is 0. The fourth-order valence-corrected chi connectivity index (χ4v) is 2.82. The van der Waals surface area contributed by atoms with E-state index in [1.165, 1.54) is 0 Å². The summed E-state index contributed by atoms with van der Waals surface area (Å²) in [4.78, 5) is 23.4. The summed E-state index contributed by atoms with van der Waals surface area (Å²) >= 11 is 5.61. The first-order valence-corrected chi connectivity index (χ1v) is 5.84. The Morgan fingerprint density at radius 1 is 1.47 bits per heavy atom. The molecule has 0 aromatic carbocycles. The van der Waals surface area contributed by atoms with E-state index in [0.29, 0.717) is 13.0 Å². The van der Waals surface area contributed by atoms with E-state index in [9.17, 15) is 9.59 Å². The van der Waals surface area contributed by atoms with Crippen LogP contribution in [0.15, 0.2) is 0 Å². The van der Waals surface area contributed by atoms with E-state index in [1.807, 2.05) is 6.92 Å². The van der Waals surface area contributed by atoms with Crippen LogP contribution in [-0.2, 0) is 14.3 Å². The van der Waals surface area contributed by atoms with E-state index < -0.39 is 16.6 Å². The monoisotopic (exact) mass is 232 g/mol. The minimum atomic E-state index is -1.06. The summed E-state index contributed by atoms with van der Waals surface area (Å²) in [6.07, 6.45) is 3.08. The molecule has 1 fully saturated rings. The molecular weight excluding hydrogens is 216 g/mol. The van der Waals surface area contributed by atoms with Crippen LogP contribution in [-0.4, -0.2) is 17.8 Å². The second-order valence-electron chi connectivity index (χ2n) is 3.96. The molecule has 3 nitrogen and oxygen atoms in total. The highest BCUT2D eigenvalue weighted by Gasteiger charge is 2.54. The van der Waals surface area contributed by atoms with Crippen LogP contribution in [0.25, 0.3) is 0 Å². The van der Waals surface area contributed by atoms with Gasteiger partial charge in [-0.05, 0) is 37.3 Å². The molecule has 1 aliphatic carbocycles. The lowest BCUT2D eigenvalue weighted by atomic mass is 9.77. The van der Waals surface area contributed by atoms with Gasteiger partial charge in [-0.25, -0.2) is 0 Å². The molecule has 0 aromatic heterocycles. The van der Waals surface area contributed by atoms with Gasteiger partial charge in [0.25, 0.3) is 0 Å². The predicted molar refractivity (Wildman–Crippen MR) is 57.6 cm³/mol. The van der Waals surface area contributed by atoms with Crippen LogP contribution < -0.4 is 0 Å². The Morgan fingerprint density at radius 2 is 2.13 bits per heavy atom. The van der Waals surface area contributed by atoms with Crippen LogP contribution >= 0.6 is 11.6 Å². The van der Waals surface area contributed by atoms with Crippen LogP contribution in [0.4, 0.5) is 0 Å². The maximum atomic E-state index is 11.9. The van der Waals surface area contributed by atoms with E-state index in [-0.39, 0.29) is 5.92 Å². The van der Waals surface area contributed by atoms with Gasteiger partial charge >= 0.3 is 5.97 Å². The van der Waals surface area contributed by atoms with Crippen molar-refractivity contribution in [1.29, 1.82) is 0 Å². The first-order chi connectivity index (χ1) is 7.09. The van der Waals surface area contributed by atoms with E-state index in [0.717, 1.165) is 19.3 Å². The number of hydrogen-bond donors (Lipinski definition) is 0. The fraction of sp³-hybridized carbons (Fsp3) is 0.818. The molecule has 0 radical (unpaired) electrons. The minimum Gasteiger partial charge on any atom is -0.465 e. The lowest BCUT2D eigenvalue weighted by Crippen LogP contribution is -2.41. The average Bonchev–Trinajstić information content (AvgIpc) is 2.62. The average molecular weight is 233 g/mol. The van der Waals surface area contributed by atoms with Gasteiger partial charge in [-0.2, -0.15) is 0 Å². The maximum Gasteiger partial charge on any atom is 0.321 e. The second kappa shape index (κ2) is 4.97. The molecule has 1 rings (SSSR count). The number of carbonyl (C=O) groups is 2. The van der Waals surface area contributed by atoms with Crippen LogP contribution in [0.1, 0.15) is 39.5 Å². The van der Waals surface area contributed by atoms with Crippen molar-refractivity contribution >= 4 is 22.8 Å². The summed E-state index contributed by atoms with van der Waals surface area (Å²) in [6, 6.07) is 0. The minimum absolute atomic E-state index is 0.0431. The molecule has 0 bridgehead atoms. The molecule has 2 atom stereocenters. The highest BCUT2D eigenvalue weighted by Crippen LogP contribution is 2.47. The topological polar surface area (TPSA) is 43.4 Å². The van der Waals surface area contributed by atoms with E-state index in [4.69, 9.17) is 16.3 Å². The van der Waals surface area contributed by atoms with Crippen LogP contribution in [0.2, 0.25) is 0 Å². The molecular formula is C11H17ClO3. The van der Waals surface area contributed by atoms with Crippen molar-refractivity contribution in [3.63, 3.8) is 0 Å². The van der Waals surface area contributed by atoms with Crippen LogP contribution in [0, 0.1) is 11.3 Å². The maximum absolute atomic E-state index is 11.9. The largest absolute Gasteiger partial charge is 0.465 e. The molecule has 0 saturated heterocycles. The van der Waals surface area contributed by atoms with Crippen molar-refractivity contribution in [2.75, 3.05) is 6.61 Å². The molecule has 4 heteroatoms. The predicted octanol–water partition coefficient (Wildman–Crippen LogP) is 2.51. The third-order valence-electron chi connectivity index (χ3n) is 3.30. The molecule has 0 amide bonds. The number of carbonyl (C=O) groups excluding carboxylic acids is 2. The summed E-state index contributed by atoms with van der Waals surface area (Å²) in [5.41, 5.74) is -1.06. The summed E-state index contributed by atoms with van der Waals surface area (Å²) < 4.78 is 4.98. The van der Waals surface area contributed by atoms with Gasteiger partial charge in [-0.1, -0.05) is 19.8 Å². The van der Waals surface area contributed by atoms with Gasteiger partial charge in [0.2, 0.25) is 5.24 Å². The smallest absolute Gasteiger partial charge is 0.321 e. The van der Waals surface area contributed by atoms with Gasteiger partial charge in [-0.15, -0.1) is 0 Å². The van der Waals surface area contributed by atoms with Crippen molar-refractivity contribution in [3.8, 4) is 0 Å². The molecule has 0 spiro atoms. The lowest BCUT2D eigenvalue weighted by Gasteiger charge is -2.28. The highest BCUT2D eigenvalue weighted by atomic mass is 35.5. The summed E-state index contributed by atoms with van der Waals surface area (Å²) in [6.45, 7) is 4.01. The normalized spacial score (nSPS) is 30.2. The van der Waals surface area contributed by atoms with Gasteiger partial charge in [0, 0.05) is 0 Å². The molecule has 86 valence electrons. The SMILES string of the molecule is CCOC(=O)C1(C(=O)Cl)CCCC1CC. The molecule has 1 saturated carbocycles. The van der Waals surface area contributed by atoms with Crippen LogP contribution in [0.3, 0.4) is 0 Å². The van der Waals surface area contributed by atoms with E-state index >= 15 is 0 Å². The molecule has 0 aromatic rings. The van der Waals surface area contributed by atoms with Crippen molar-refractivity contribution in [3.05, 3.63) is 0 Å². The molecule has 1 aliphatic rings. The zero-order chi connectivity index (χ0) is 11.5. The first-order valence-electron chi connectivity index (χ1n) is 5.46. The standard InChI is InChI=1S/C11H17ClO3/c1-3-8-6-5-7-11(8,9(12)13)10(14)15-4-2/h8H,3-7H2,1-2H3. The van der Waals surface area contributed by atoms with E-state index in [2.05, 4.69) is 0 Å². The number of rotatable bonds is 4. The molecule has 0 heterocycles. The van der Waals surface area contributed by atoms with Crippen LogP contribution in [0.5, 0.6) is 0 Å². The molecule has 0 N–H and O–H groups in total. The third kappa shape index (κ3) is 2.03. The summed E-state index contributed by atoms with van der Waals surface area (Å²) in [5.74, 6) is -0.393. The summed E-state index contributed by atoms with van der Waals surface area (Å²) in [5, 5.41) is -0.551. The Bertz CT molecular complexity index is 265. The Hall–Kier alpha value is -0.570. The third-order valence-corrected chi connectivity index (χ3v) is 3.64. The molecule has 15 heavy (non-hydrogen) atoms. The Morgan fingerprint density at radius 3 is 2.60 bits per heavy atom. The van der Waals surface area contributed by atoms with Crippen molar-refractivity contribution < 1.29 is 14.3 Å². The fourth-order valence-electron chi connectivity index (χ4n) is 2.50. The Balaban J connectivity index is 2.97. The van der Waals surface area contributed by atoms with Gasteiger partial charge in [0.1, 0.15) is 5.41 Å². The Kier molecular flexibility index (Phi) is 4.14. The quantitative estimate of drug-likeness (QED) is 0.425. The van der Waals surface area contributed by atoms with Gasteiger partial charge in [0.15, 0.2) is 0 Å². The lowest BCUT2D eigenvalue weighted by molar-refractivity contribution is -0.160. The van der Waals surface area contributed by atoms with Gasteiger partial charge in [0.05, 0.1) is 6.61 Å². The highest BCUT2D eigenvalue weighted by molar-refractivity contribution is 6.66. The first kappa shape index (κ1) is 12.5. The number of halogens is 1. The molecule has 0 aliphatic heterocycles. The van der Waals surface area contributed by atoms with Gasteiger partial charge < -0.3 is 4.74 Å². The number of ether oxygens (including phenoxy) is 1. The van der Waals surface area contributed by atoms with E-state index in [1.54, 1.807) is 6.92 Å². The van der Waals surface area contributed by atoms with Crippen molar-refractivity contribution in [1.82, 2.24) is 0 Å². The number of hydrogen-bond acceptors (Lipinski definition) is 3. The zero-order valence-corrected chi connectivity index (χ0v) is 9.97. The van der Waals surface area contributed by atoms with Crippen molar-refractivity contribution in [2.24, 2.45) is 11.3 Å². The van der Waals surface area contributed by atoms with Crippen molar-refractivity contribution in [2.45, 2.75) is 39.5 Å². The molecule has 2 unspecified atom stereocenters. The zero-order valence-electron chi connectivity index (χ0n) is 9.22. The second-order valence-corrected chi connectivity index (χ2v) is 4.31. The van der Waals surface area contributed by atoms with Gasteiger partial charge in [-0.3, -0.25) is 9.59 Å².